The minimum absolute atomic E-state index is 0.173. The Morgan fingerprint density at radius 1 is 1.48 bits per heavy atom. The van der Waals surface area contributed by atoms with E-state index in [0.717, 1.165) is 19.4 Å². The van der Waals surface area contributed by atoms with Crippen molar-refractivity contribution in [2.24, 2.45) is 0 Å². The smallest absolute Gasteiger partial charge is 0.335 e. The highest BCUT2D eigenvalue weighted by molar-refractivity contribution is 5.92. The van der Waals surface area contributed by atoms with Gasteiger partial charge in [-0.25, -0.2) is 4.79 Å². The summed E-state index contributed by atoms with van der Waals surface area (Å²) in [4.78, 5) is 17.5. The number of hydrogen-bond donors (Lipinski definition) is 2. The lowest BCUT2D eigenvalue weighted by atomic mass is 9.75. The highest BCUT2D eigenvalue weighted by Crippen LogP contribution is 2.36. The van der Waals surface area contributed by atoms with Gasteiger partial charge in [0.1, 0.15) is 5.52 Å². The molecule has 112 valence electrons. The first-order chi connectivity index (χ1) is 10.00. The zero-order valence-electron chi connectivity index (χ0n) is 12.2. The summed E-state index contributed by atoms with van der Waals surface area (Å²) in [6.45, 7) is 0.776. The normalized spacial score (nSPS) is 16.9. The molecule has 6 heteroatoms. The van der Waals surface area contributed by atoms with E-state index in [0.29, 0.717) is 17.1 Å². The summed E-state index contributed by atoms with van der Waals surface area (Å²) < 4.78 is 5.60. The lowest BCUT2D eigenvalue weighted by Crippen LogP contribution is -2.54. The van der Waals surface area contributed by atoms with Gasteiger partial charge in [-0.15, -0.1) is 0 Å². The van der Waals surface area contributed by atoms with Crippen LogP contribution in [0.3, 0.4) is 0 Å². The maximum absolute atomic E-state index is 10.9. The van der Waals surface area contributed by atoms with Crippen LogP contribution in [-0.2, 0) is 0 Å². The Labute approximate surface area is 122 Å². The number of anilines is 1. The van der Waals surface area contributed by atoms with Gasteiger partial charge in [0.25, 0.3) is 6.01 Å². The lowest BCUT2D eigenvalue weighted by Gasteiger charge is -2.47. The molecule has 0 atom stereocenters. The van der Waals surface area contributed by atoms with Crippen molar-refractivity contribution in [3.63, 3.8) is 0 Å². The van der Waals surface area contributed by atoms with E-state index in [1.54, 1.807) is 6.07 Å². The van der Waals surface area contributed by atoms with Gasteiger partial charge < -0.3 is 19.7 Å². The number of likely N-dealkylation sites (N-methyl/N-ethyl adjacent to an activating group) is 1. The summed E-state index contributed by atoms with van der Waals surface area (Å²) in [5.41, 5.74) is 1.53. The molecular weight excluding hydrogens is 270 g/mol. The number of carboxylic acids is 1. The maximum atomic E-state index is 10.9. The van der Waals surface area contributed by atoms with Crippen molar-refractivity contribution in [1.29, 1.82) is 0 Å². The van der Waals surface area contributed by atoms with Crippen LogP contribution in [0, 0.1) is 0 Å². The number of hydrogen-bond acceptors (Lipinski definition) is 5. The van der Waals surface area contributed by atoms with E-state index in [4.69, 9.17) is 9.52 Å². The fourth-order valence-corrected chi connectivity index (χ4v) is 2.74. The summed E-state index contributed by atoms with van der Waals surface area (Å²) in [7, 11) is 4.18. The Bertz CT molecular complexity index is 674. The first-order valence-corrected chi connectivity index (χ1v) is 7.05. The number of oxazole rings is 1. The van der Waals surface area contributed by atoms with Gasteiger partial charge in [0.15, 0.2) is 5.58 Å². The number of benzene rings is 1. The molecule has 1 fully saturated rings. The third-order valence-corrected chi connectivity index (χ3v) is 4.44. The van der Waals surface area contributed by atoms with Crippen molar-refractivity contribution < 1.29 is 14.3 Å². The van der Waals surface area contributed by atoms with Crippen molar-refractivity contribution >= 4 is 23.1 Å². The molecule has 2 N–H and O–H groups in total. The molecule has 0 spiro atoms. The molecule has 0 radical (unpaired) electrons. The van der Waals surface area contributed by atoms with E-state index >= 15 is 0 Å². The monoisotopic (exact) mass is 289 g/mol. The van der Waals surface area contributed by atoms with Crippen LogP contribution >= 0.6 is 0 Å². The molecule has 1 aliphatic rings. The summed E-state index contributed by atoms with van der Waals surface area (Å²) in [6, 6.07) is 5.14. The Kier molecular flexibility index (Phi) is 3.33. The van der Waals surface area contributed by atoms with Gasteiger partial charge in [-0.1, -0.05) is 0 Å². The predicted octanol–water partition coefficient (Wildman–Crippen LogP) is 2.42. The standard InChI is InChI=1S/C15H19N3O3/c1-18(2)15(6-3-7-15)9-16-14-17-11-5-4-10(13(19)20)8-12(11)21-14/h4-5,8H,3,6-7,9H2,1-2H3,(H,16,17)(H,19,20). The Hall–Kier alpha value is -2.08. The first-order valence-electron chi connectivity index (χ1n) is 7.05. The zero-order chi connectivity index (χ0) is 15.0. The third kappa shape index (κ3) is 2.47. The van der Waals surface area contributed by atoms with Crippen LogP contribution in [0.5, 0.6) is 0 Å². The van der Waals surface area contributed by atoms with Gasteiger partial charge in [0, 0.05) is 12.1 Å². The second kappa shape index (κ2) is 5.04. The molecule has 6 nitrogen and oxygen atoms in total. The predicted molar refractivity (Wildman–Crippen MR) is 79.7 cm³/mol. The molecule has 0 unspecified atom stereocenters. The highest BCUT2D eigenvalue weighted by atomic mass is 16.4. The first kappa shape index (κ1) is 13.9. The van der Waals surface area contributed by atoms with Crippen molar-refractivity contribution in [3.8, 4) is 0 Å². The lowest BCUT2D eigenvalue weighted by molar-refractivity contribution is 0.0697. The number of carboxylic acid groups (broad SMARTS) is 1. The minimum atomic E-state index is -0.969. The molecule has 0 bridgehead atoms. The number of rotatable bonds is 5. The van der Waals surface area contributed by atoms with E-state index in [9.17, 15) is 4.79 Å². The molecule has 21 heavy (non-hydrogen) atoms. The van der Waals surface area contributed by atoms with Crippen LogP contribution in [0.1, 0.15) is 29.6 Å². The maximum Gasteiger partial charge on any atom is 0.335 e. The van der Waals surface area contributed by atoms with Gasteiger partial charge >= 0.3 is 5.97 Å². The van der Waals surface area contributed by atoms with E-state index in [1.807, 2.05) is 0 Å². The van der Waals surface area contributed by atoms with Gasteiger partial charge in [0.2, 0.25) is 0 Å². The van der Waals surface area contributed by atoms with Crippen molar-refractivity contribution in [2.45, 2.75) is 24.8 Å². The average molecular weight is 289 g/mol. The number of nitrogens with zero attached hydrogens (tertiary/aromatic N) is 2. The average Bonchev–Trinajstić information content (AvgIpc) is 2.78. The summed E-state index contributed by atoms with van der Waals surface area (Å²) in [5, 5.41) is 12.2. The number of aromatic nitrogens is 1. The fourth-order valence-electron chi connectivity index (χ4n) is 2.74. The Morgan fingerprint density at radius 2 is 2.24 bits per heavy atom. The molecule has 0 amide bonds. The fraction of sp³-hybridized carbons (Fsp3) is 0.467. The summed E-state index contributed by atoms with van der Waals surface area (Å²) >= 11 is 0. The molecule has 1 aromatic carbocycles. The molecule has 0 saturated heterocycles. The third-order valence-electron chi connectivity index (χ3n) is 4.44. The molecule has 1 aliphatic carbocycles. The van der Waals surface area contributed by atoms with Crippen LogP contribution in [0.2, 0.25) is 0 Å². The van der Waals surface area contributed by atoms with Crippen LogP contribution in [-0.4, -0.2) is 47.1 Å². The van der Waals surface area contributed by atoms with Crippen LogP contribution < -0.4 is 5.32 Å². The number of fused-ring (bicyclic) bond motifs is 1. The molecular formula is C15H19N3O3. The molecule has 1 aromatic heterocycles. The number of nitrogens with one attached hydrogen (secondary N) is 1. The van der Waals surface area contributed by atoms with Crippen LogP contribution in [0.4, 0.5) is 6.01 Å². The van der Waals surface area contributed by atoms with E-state index < -0.39 is 5.97 Å². The second-order valence-electron chi connectivity index (χ2n) is 5.83. The number of aromatic carboxylic acids is 1. The topological polar surface area (TPSA) is 78.6 Å². The Morgan fingerprint density at radius 3 is 2.81 bits per heavy atom. The molecule has 0 aliphatic heterocycles. The SMILES string of the molecule is CN(C)C1(CNc2nc3ccc(C(=O)O)cc3o2)CCC1. The molecule has 3 rings (SSSR count). The summed E-state index contributed by atoms with van der Waals surface area (Å²) in [6.07, 6.45) is 3.57. The molecule has 2 aromatic rings. The molecule has 1 saturated carbocycles. The largest absolute Gasteiger partial charge is 0.478 e. The number of carbonyl (C=O) groups is 1. The second-order valence-corrected chi connectivity index (χ2v) is 5.83. The van der Waals surface area contributed by atoms with Gasteiger partial charge in [-0.2, -0.15) is 4.98 Å². The van der Waals surface area contributed by atoms with Crippen molar-refractivity contribution in [3.05, 3.63) is 23.8 Å². The van der Waals surface area contributed by atoms with Gasteiger partial charge in [0.05, 0.1) is 5.56 Å². The van der Waals surface area contributed by atoms with Crippen LogP contribution in [0.25, 0.3) is 11.1 Å². The van der Waals surface area contributed by atoms with Crippen molar-refractivity contribution in [2.75, 3.05) is 26.0 Å². The van der Waals surface area contributed by atoms with E-state index in [1.165, 1.54) is 18.6 Å². The van der Waals surface area contributed by atoms with Gasteiger partial charge in [-0.05, 0) is 51.6 Å². The Balaban J connectivity index is 1.77. The van der Waals surface area contributed by atoms with Crippen molar-refractivity contribution in [1.82, 2.24) is 9.88 Å². The highest BCUT2D eigenvalue weighted by Gasteiger charge is 2.39. The van der Waals surface area contributed by atoms with E-state index in [2.05, 4.69) is 29.3 Å². The summed E-state index contributed by atoms with van der Waals surface area (Å²) in [5.74, 6) is -0.969. The van der Waals surface area contributed by atoms with Crippen LogP contribution in [0.15, 0.2) is 22.6 Å². The van der Waals surface area contributed by atoms with Gasteiger partial charge in [-0.3, -0.25) is 0 Å². The molecule has 1 heterocycles. The van der Waals surface area contributed by atoms with E-state index in [-0.39, 0.29) is 11.1 Å². The zero-order valence-corrected chi connectivity index (χ0v) is 12.2. The minimum Gasteiger partial charge on any atom is -0.478 e. The quantitative estimate of drug-likeness (QED) is 0.880.